The highest BCUT2D eigenvalue weighted by atomic mass is 16.5. The smallest absolute Gasteiger partial charge is 0.314 e. The quantitative estimate of drug-likeness (QED) is 0.894. The average Bonchev–Trinajstić information content (AvgIpc) is 3.30. The molecule has 5 nitrogen and oxygen atoms in total. The van der Waals surface area contributed by atoms with E-state index >= 15 is 0 Å². The number of hydrogen-bond acceptors (Lipinski definition) is 4. The highest BCUT2D eigenvalue weighted by molar-refractivity contribution is 5.85. The van der Waals surface area contributed by atoms with Crippen molar-refractivity contribution in [2.45, 2.75) is 24.8 Å². The lowest BCUT2D eigenvalue weighted by Gasteiger charge is -2.27. The van der Waals surface area contributed by atoms with Crippen molar-refractivity contribution >= 4 is 5.97 Å². The molecule has 5 heteroatoms. The zero-order chi connectivity index (χ0) is 14.9. The number of nitrogens with zero attached hydrogens (tertiary/aromatic N) is 1. The summed E-state index contributed by atoms with van der Waals surface area (Å²) in [6.07, 6.45) is 1.46. The molecule has 1 saturated carbocycles. The predicted octanol–water partition coefficient (Wildman–Crippen LogP) is 1.64. The Hall–Kier alpha value is -1.59. The third-order valence-electron chi connectivity index (χ3n) is 4.49. The Morgan fingerprint density at radius 2 is 2.10 bits per heavy atom. The van der Waals surface area contributed by atoms with Gasteiger partial charge in [-0.15, -0.1) is 0 Å². The monoisotopic (exact) mass is 291 g/mol. The summed E-state index contributed by atoms with van der Waals surface area (Å²) in [5.41, 5.74) is 1.30. The maximum absolute atomic E-state index is 11.5. The van der Waals surface area contributed by atoms with Crippen molar-refractivity contribution in [2.24, 2.45) is 0 Å². The molecular formula is C16H21NO4. The topological polar surface area (TPSA) is 59.0 Å². The number of methoxy groups -OCH3 is 1. The third kappa shape index (κ3) is 2.76. The molecule has 1 aliphatic carbocycles. The number of carbonyl (C=O) groups is 1. The lowest BCUT2D eigenvalue weighted by atomic mass is 9.94. The van der Waals surface area contributed by atoms with Crippen LogP contribution in [-0.2, 0) is 21.5 Å². The zero-order valence-electron chi connectivity index (χ0n) is 12.3. The zero-order valence-corrected chi connectivity index (χ0v) is 12.3. The molecule has 2 aliphatic rings. The largest absolute Gasteiger partial charge is 0.496 e. The summed E-state index contributed by atoms with van der Waals surface area (Å²) in [5.74, 6) is 0.108. The molecule has 1 aliphatic heterocycles. The lowest BCUT2D eigenvalue weighted by Crippen LogP contribution is -2.35. The van der Waals surface area contributed by atoms with E-state index in [1.807, 2.05) is 18.2 Å². The van der Waals surface area contributed by atoms with Crippen molar-refractivity contribution in [1.29, 1.82) is 0 Å². The van der Waals surface area contributed by atoms with Crippen LogP contribution in [0, 0.1) is 0 Å². The molecule has 0 atom stereocenters. The molecular weight excluding hydrogens is 270 g/mol. The fourth-order valence-electron chi connectivity index (χ4n) is 2.95. The van der Waals surface area contributed by atoms with Gasteiger partial charge in [0, 0.05) is 25.2 Å². The number of benzene rings is 1. The molecule has 1 aromatic rings. The van der Waals surface area contributed by atoms with Gasteiger partial charge in [0.25, 0.3) is 0 Å². The van der Waals surface area contributed by atoms with Gasteiger partial charge >= 0.3 is 5.97 Å². The minimum atomic E-state index is -0.718. The molecule has 0 bridgehead atoms. The van der Waals surface area contributed by atoms with Gasteiger partial charge in [0.1, 0.15) is 5.75 Å². The van der Waals surface area contributed by atoms with E-state index in [1.165, 1.54) is 0 Å². The molecule has 2 fully saturated rings. The van der Waals surface area contributed by atoms with Crippen LogP contribution in [-0.4, -0.2) is 49.4 Å². The molecule has 0 unspecified atom stereocenters. The number of ether oxygens (including phenoxy) is 2. The minimum Gasteiger partial charge on any atom is -0.496 e. The number of aliphatic carboxylic acids is 1. The standard InChI is InChI=1S/C16H21NO4/c1-20-14-3-2-13(16(4-5-16)15(18)19)10-12(14)11-17-6-8-21-9-7-17/h2-3,10H,4-9,11H2,1H3,(H,18,19). The fourth-order valence-corrected chi connectivity index (χ4v) is 2.95. The van der Waals surface area contributed by atoms with Gasteiger partial charge in [0.2, 0.25) is 0 Å². The van der Waals surface area contributed by atoms with Crippen LogP contribution in [0.3, 0.4) is 0 Å². The van der Waals surface area contributed by atoms with Gasteiger partial charge in [-0.2, -0.15) is 0 Å². The highest BCUT2D eigenvalue weighted by Crippen LogP contribution is 2.49. The second kappa shape index (κ2) is 5.66. The molecule has 1 heterocycles. The molecule has 1 N–H and O–H groups in total. The molecule has 1 aromatic carbocycles. The van der Waals surface area contributed by atoms with E-state index in [4.69, 9.17) is 9.47 Å². The van der Waals surface area contributed by atoms with Gasteiger partial charge in [0.15, 0.2) is 0 Å². The molecule has 0 amide bonds. The lowest BCUT2D eigenvalue weighted by molar-refractivity contribution is -0.140. The maximum Gasteiger partial charge on any atom is 0.314 e. The number of rotatable bonds is 5. The van der Waals surface area contributed by atoms with Crippen LogP contribution in [0.1, 0.15) is 24.0 Å². The van der Waals surface area contributed by atoms with Crippen LogP contribution in [0.25, 0.3) is 0 Å². The predicted molar refractivity (Wildman–Crippen MR) is 77.6 cm³/mol. The van der Waals surface area contributed by atoms with Crippen molar-refractivity contribution in [2.75, 3.05) is 33.4 Å². The van der Waals surface area contributed by atoms with E-state index in [2.05, 4.69) is 4.90 Å². The van der Waals surface area contributed by atoms with Crippen LogP contribution in [0.15, 0.2) is 18.2 Å². The number of hydrogen-bond donors (Lipinski definition) is 1. The van der Waals surface area contributed by atoms with E-state index in [0.717, 1.165) is 62.6 Å². The second-order valence-corrected chi connectivity index (χ2v) is 5.80. The molecule has 0 spiro atoms. The Balaban J connectivity index is 1.85. The SMILES string of the molecule is COc1ccc(C2(C(=O)O)CC2)cc1CN1CCOCC1. The molecule has 3 rings (SSSR count). The second-order valence-electron chi connectivity index (χ2n) is 5.80. The van der Waals surface area contributed by atoms with Crippen LogP contribution in [0.4, 0.5) is 0 Å². The van der Waals surface area contributed by atoms with Gasteiger partial charge in [0.05, 0.1) is 25.7 Å². The van der Waals surface area contributed by atoms with Crippen molar-refractivity contribution in [3.63, 3.8) is 0 Å². The summed E-state index contributed by atoms with van der Waals surface area (Å²) in [6.45, 7) is 4.08. The Kier molecular flexibility index (Phi) is 3.87. The fraction of sp³-hybridized carbons (Fsp3) is 0.562. The summed E-state index contributed by atoms with van der Waals surface area (Å²) in [6, 6.07) is 5.80. The molecule has 114 valence electrons. The van der Waals surface area contributed by atoms with Crippen LogP contribution in [0.2, 0.25) is 0 Å². The van der Waals surface area contributed by atoms with E-state index < -0.39 is 11.4 Å². The molecule has 1 saturated heterocycles. The van der Waals surface area contributed by atoms with Crippen LogP contribution >= 0.6 is 0 Å². The van der Waals surface area contributed by atoms with Gasteiger partial charge in [-0.05, 0) is 30.5 Å². The highest BCUT2D eigenvalue weighted by Gasteiger charge is 2.51. The summed E-state index contributed by atoms with van der Waals surface area (Å²) in [4.78, 5) is 13.8. The van der Waals surface area contributed by atoms with E-state index in [9.17, 15) is 9.90 Å². The van der Waals surface area contributed by atoms with Gasteiger partial charge < -0.3 is 14.6 Å². The Bertz CT molecular complexity index is 533. The van der Waals surface area contributed by atoms with Crippen molar-refractivity contribution in [3.05, 3.63) is 29.3 Å². The van der Waals surface area contributed by atoms with Gasteiger partial charge in [-0.3, -0.25) is 9.69 Å². The van der Waals surface area contributed by atoms with E-state index in [-0.39, 0.29) is 0 Å². The summed E-state index contributed by atoms with van der Waals surface area (Å²) >= 11 is 0. The Morgan fingerprint density at radius 1 is 1.38 bits per heavy atom. The van der Waals surface area contributed by atoms with E-state index in [1.54, 1.807) is 7.11 Å². The average molecular weight is 291 g/mol. The first-order valence-corrected chi connectivity index (χ1v) is 7.36. The molecule has 0 aromatic heterocycles. The first-order valence-electron chi connectivity index (χ1n) is 7.36. The molecule has 0 radical (unpaired) electrons. The summed E-state index contributed by atoms with van der Waals surface area (Å²) in [5, 5.41) is 9.44. The summed E-state index contributed by atoms with van der Waals surface area (Å²) in [7, 11) is 1.65. The first-order chi connectivity index (χ1) is 10.2. The molecule has 21 heavy (non-hydrogen) atoms. The normalized spacial score (nSPS) is 21.0. The number of carboxylic acids is 1. The number of morpholine rings is 1. The van der Waals surface area contributed by atoms with Crippen LogP contribution in [0.5, 0.6) is 5.75 Å². The summed E-state index contributed by atoms with van der Waals surface area (Å²) < 4.78 is 10.8. The number of carboxylic acid groups (broad SMARTS) is 1. The third-order valence-corrected chi connectivity index (χ3v) is 4.49. The maximum atomic E-state index is 11.5. The van der Waals surface area contributed by atoms with Crippen molar-refractivity contribution < 1.29 is 19.4 Å². The van der Waals surface area contributed by atoms with Gasteiger partial charge in [-0.1, -0.05) is 6.07 Å². The Morgan fingerprint density at radius 3 is 2.67 bits per heavy atom. The van der Waals surface area contributed by atoms with E-state index in [0.29, 0.717) is 0 Å². The van der Waals surface area contributed by atoms with Crippen molar-refractivity contribution in [3.8, 4) is 5.75 Å². The van der Waals surface area contributed by atoms with Crippen molar-refractivity contribution in [1.82, 2.24) is 4.90 Å². The first kappa shape index (κ1) is 14.4. The minimum absolute atomic E-state index is 0.661. The Labute approximate surface area is 124 Å². The van der Waals surface area contributed by atoms with Crippen LogP contribution < -0.4 is 4.74 Å². The van der Waals surface area contributed by atoms with Gasteiger partial charge in [-0.25, -0.2) is 0 Å².